The molecule has 1 heterocycles. The number of anilines is 1. The van der Waals surface area contributed by atoms with Crippen LogP contribution in [0.4, 0.5) is 5.69 Å². The lowest BCUT2D eigenvalue weighted by molar-refractivity contribution is -0.130. The molecule has 1 aliphatic heterocycles. The molecule has 2 rings (SSSR count). The predicted molar refractivity (Wildman–Crippen MR) is 129 cm³/mol. The lowest BCUT2D eigenvalue weighted by Gasteiger charge is -2.19. The van der Waals surface area contributed by atoms with Gasteiger partial charge in [0.05, 0.1) is 6.54 Å². The molecule has 1 aromatic rings. The summed E-state index contributed by atoms with van der Waals surface area (Å²) in [5.74, 6) is 1.05. The zero-order valence-corrected chi connectivity index (χ0v) is 20.1. The number of halogens is 1. The van der Waals surface area contributed by atoms with Crippen molar-refractivity contribution < 1.29 is 9.59 Å². The first-order valence-electron chi connectivity index (χ1n) is 10.3. The fourth-order valence-corrected chi connectivity index (χ4v) is 3.24. The van der Waals surface area contributed by atoms with Crippen LogP contribution in [0.2, 0.25) is 0 Å². The summed E-state index contributed by atoms with van der Waals surface area (Å²) in [4.78, 5) is 32.2. The number of amides is 2. The summed E-state index contributed by atoms with van der Waals surface area (Å²) in [5.41, 5.74) is 2.03. The number of nitrogens with one attached hydrogen (secondary N) is 2. The Morgan fingerprint density at radius 1 is 1.14 bits per heavy atom. The molecule has 1 aliphatic rings. The minimum absolute atomic E-state index is 0. The largest absolute Gasteiger partial charge is 0.357 e. The van der Waals surface area contributed by atoms with Crippen LogP contribution in [0.1, 0.15) is 45.6 Å². The quantitative estimate of drug-likeness (QED) is 0.301. The second kappa shape index (κ2) is 13.4. The number of guanidine groups is 1. The zero-order chi connectivity index (χ0) is 20.4. The van der Waals surface area contributed by atoms with Gasteiger partial charge >= 0.3 is 0 Å². The monoisotopic (exact) mass is 515 g/mol. The fourth-order valence-electron chi connectivity index (χ4n) is 3.24. The maximum absolute atomic E-state index is 12.1. The van der Waals surface area contributed by atoms with Gasteiger partial charge in [0.25, 0.3) is 0 Å². The maximum Gasteiger partial charge on any atom is 0.227 e. The minimum Gasteiger partial charge on any atom is -0.357 e. The van der Waals surface area contributed by atoms with E-state index in [1.165, 1.54) is 0 Å². The number of rotatable bonds is 9. The van der Waals surface area contributed by atoms with E-state index in [1.807, 2.05) is 54.8 Å². The average Bonchev–Trinajstić information content (AvgIpc) is 3.13. The van der Waals surface area contributed by atoms with Gasteiger partial charge in [-0.3, -0.25) is 9.59 Å². The highest BCUT2D eigenvalue weighted by molar-refractivity contribution is 14.0. The summed E-state index contributed by atoms with van der Waals surface area (Å²) in [6, 6.07) is 7.99. The summed E-state index contributed by atoms with van der Waals surface area (Å²) >= 11 is 0. The van der Waals surface area contributed by atoms with Gasteiger partial charge in [-0.15, -0.1) is 24.0 Å². The highest BCUT2D eigenvalue weighted by atomic mass is 127. The summed E-state index contributed by atoms with van der Waals surface area (Å²) in [5, 5.41) is 6.43. The van der Waals surface area contributed by atoms with E-state index in [0.717, 1.165) is 43.9 Å². The molecule has 1 aromatic carbocycles. The summed E-state index contributed by atoms with van der Waals surface area (Å²) < 4.78 is 0. The smallest absolute Gasteiger partial charge is 0.227 e. The number of aliphatic imine (C=N–C) groups is 1. The molecule has 162 valence electrons. The number of benzene rings is 1. The van der Waals surface area contributed by atoms with Crippen LogP contribution in [0.3, 0.4) is 0 Å². The molecular weight excluding hydrogens is 481 g/mol. The highest BCUT2D eigenvalue weighted by Crippen LogP contribution is 2.21. The second-order valence-electron chi connectivity index (χ2n) is 6.75. The Labute approximate surface area is 191 Å². The van der Waals surface area contributed by atoms with Crippen molar-refractivity contribution in [1.82, 2.24) is 15.5 Å². The summed E-state index contributed by atoms with van der Waals surface area (Å²) in [6.07, 6.45) is 2.02. The van der Waals surface area contributed by atoms with Gasteiger partial charge in [0.15, 0.2) is 5.96 Å². The zero-order valence-electron chi connectivity index (χ0n) is 17.7. The standard InChI is InChI=1S/C21H33N5O2.HI/c1-4-22-21(23-14-13-19(27)25(5-2)6-3)24-16-17-9-11-18(12-10-17)26-15-7-8-20(26)28;/h9-12H,4-8,13-16H2,1-3H3,(H2,22,23,24);1H. The van der Waals surface area contributed by atoms with E-state index in [9.17, 15) is 9.59 Å². The van der Waals surface area contributed by atoms with E-state index in [-0.39, 0.29) is 35.8 Å². The van der Waals surface area contributed by atoms with E-state index >= 15 is 0 Å². The molecule has 0 aliphatic carbocycles. The Balaban J connectivity index is 0.00000420. The molecule has 0 atom stereocenters. The third-order valence-corrected chi connectivity index (χ3v) is 4.83. The first-order chi connectivity index (χ1) is 13.6. The molecule has 2 amide bonds. The first-order valence-corrected chi connectivity index (χ1v) is 10.3. The lowest BCUT2D eigenvalue weighted by Crippen LogP contribution is -2.40. The molecule has 0 saturated carbocycles. The first kappa shape index (κ1) is 25.2. The van der Waals surface area contributed by atoms with Gasteiger partial charge in [0.2, 0.25) is 11.8 Å². The Hall–Kier alpha value is -1.84. The van der Waals surface area contributed by atoms with Crippen LogP contribution in [-0.4, -0.2) is 55.4 Å². The van der Waals surface area contributed by atoms with Crippen LogP contribution in [0.15, 0.2) is 29.3 Å². The van der Waals surface area contributed by atoms with Crippen LogP contribution < -0.4 is 15.5 Å². The molecule has 29 heavy (non-hydrogen) atoms. The van der Waals surface area contributed by atoms with Gasteiger partial charge in [0.1, 0.15) is 0 Å². The van der Waals surface area contributed by atoms with Crippen LogP contribution >= 0.6 is 24.0 Å². The Kier molecular flexibility index (Phi) is 11.6. The third kappa shape index (κ3) is 7.83. The minimum atomic E-state index is 0. The summed E-state index contributed by atoms with van der Waals surface area (Å²) in [7, 11) is 0. The van der Waals surface area contributed by atoms with E-state index < -0.39 is 0 Å². The van der Waals surface area contributed by atoms with Crippen molar-refractivity contribution >= 4 is 47.4 Å². The SMILES string of the molecule is CCNC(=NCc1ccc(N2CCCC2=O)cc1)NCCC(=O)N(CC)CC.I. The van der Waals surface area contributed by atoms with Crippen LogP contribution in [0.25, 0.3) is 0 Å². The molecule has 0 spiro atoms. The Morgan fingerprint density at radius 2 is 1.83 bits per heavy atom. The Bertz CT molecular complexity index is 674. The van der Waals surface area contributed by atoms with Gasteiger partial charge in [-0.25, -0.2) is 4.99 Å². The van der Waals surface area contributed by atoms with Gasteiger partial charge in [-0.2, -0.15) is 0 Å². The van der Waals surface area contributed by atoms with E-state index in [0.29, 0.717) is 31.9 Å². The van der Waals surface area contributed by atoms with Crippen molar-refractivity contribution in [2.24, 2.45) is 4.99 Å². The molecule has 0 bridgehead atoms. The number of hydrogen-bond acceptors (Lipinski definition) is 3. The highest BCUT2D eigenvalue weighted by Gasteiger charge is 2.21. The molecule has 8 heteroatoms. The number of hydrogen-bond donors (Lipinski definition) is 2. The van der Waals surface area contributed by atoms with Crippen molar-refractivity contribution in [2.45, 2.75) is 46.6 Å². The molecule has 0 aromatic heterocycles. The van der Waals surface area contributed by atoms with E-state index in [1.54, 1.807) is 0 Å². The molecular formula is C21H34IN5O2. The van der Waals surface area contributed by atoms with E-state index in [2.05, 4.69) is 15.6 Å². The van der Waals surface area contributed by atoms with Crippen LogP contribution in [-0.2, 0) is 16.1 Å². The molecule has 2 N–H and O–H groups in total. The van der Waals surface area contributed by atoms with Crippen molar-refractivity contribution in [2.75, 3.05) is 37.6 Å². The van der Waals surface area contributed by atoms with Gasteiger partial charge in [0, 0.05) is 51.3 Å². The molecule has 1 saturated heterocycles. The lowest BCUT2D eigenvalue weighted by atomic mass is 10.2. The maximum atomic E-state index is 12.1. The van der Waals surface area contributed by atoms with Gasteiger partial charge in [-0.05, 0) is 44.9 Å². The van der Waals surface area contributed by atoms with Gasteiger partial charge < -0.3 is 20.4 Å². The number of nitrogens with zero attached hydrogens (tertiary/aromatic N) is 3. The van der Waals surface area contributed by atoms with Crippen LogP contribution in [0, 0.1) is 0 Å². The predicted octanol–water partition coefficient (Wildman–Crippen LogP) is 2.75. The molecule has 7 nitrogen and oxygen atoms in total. The third-order valence-electron chi connectivity index (χ3n) is 4.83. The van der Waals surface area contributed by atoms with Crippen molar-refractivity contribution in [3.05, 3.63) is 29.8 Å². The van der Waals surface area contributed by atoms with Gasteiger partial charge in [-0.1, -0.05) is 12.1 Å². The number of carbonyl (C=O) groups is 2. The fraction of sp³-hybridized carbons (Fsp3) is 0.571. The molecule has 1 fully saturated rings. The van der Waals surface area contributed by atoms with Crippen molar-refractivity contribution in [3.63, 3.8) is 0 Å². The normalized spacial score (nSPS) is 13.8. The Morgan fingerprint density at radius 3 is 2.38 bits per heavy atom. The van der Waals surface area contributed by atoms with Crippen molar-refractivity contribution in [3.8, 4) is 0 Å². The van der Waals surface area contributed by atoms with E-state index in [4.69, 9.17) is 0 Å². The van der Waals surface area contributed by atoms with Crippen molar-refractivity contribution in [1.29, 1.82) is 0 Å². The molecule has 0 unspecified atom stereocenters. The topological polar surface area (TPSA) is 77.0 Å². The second-order valence-corrected chi connectivity index (χ2v) is 6.75. The number of carbonyl (C=O) groups excluding carboxylic acids is 2. The molecule has 0 radical (unpaired) electrons. The summed E-state index contributed by atoms with van der Waals surface area (Å²) in [6.45, 7) is 10.1. The average molecular weight is 515 g/mol. The van der Waals surface area contributed by atoms with Crippen LogP contribution in [0.5, 0.6) is 0 Å².